The number of imidazole rings is 1. The maximum Gasteiger partial charge on any atom is 0.449 e. The second kappa shape index (κ2) is 7.02. The minimum Gasteiger partial charge on any atom is -0.309 e. The molecule has 1 aromatic carbocycles. The molecule has 0 saturated carbocycles. The fourth-order valence-electron chi connectivity index (χ4n) is 3.22. The highest BCUT2D eigenvalue weighted by Crippen LogP contribution is 2.35. The first-order valence-electron chi connectivity index (χ1n) is 8.35. The summed E-state index contributed by atoms with van der Waals surface area (Å²) >= 11 is 6.29. The van der Waals surface area contributed by atoms with Gasteiger partial charge in [-0.3, -0.25) is 9.48 Å². The van der Waals surface area contributed by atoms with Gasteiger partial charge in [0.15, 0.2) is 0 Å². The van der Waals surface area contributed by atoms with Crippen LogP contribution in [0.15, 0.2) is 16.9 Å². The van der Waals surface area contributed by atoms with Gasteiger partial charge in [0.05, 0.1) is 23.1 Å². The van der Waals surface area contributed by atoms with Gasteiger partial charge in [-0.2, -0.15) is 13.2 Å². The van der Waals surface area contributed by atoms with Gasteiger partial charge in [0.25, 0.3) is 5.56 Å². The van der Waals surface area contributed by atoms with Crippen molar-refractivity contribution >= 4 is 22.6 Å². The van der Waals surface area contributed by atoms with Crippen LogP contribution in [0.2, 0.25) is 5.15 Å². The lowest BCUT2D eigenvalue weighted by Crippen LogP contribution is -2.22. The van der Waals surface area contributed by atoms with E-state index in [9.17, 15) is 22.4 Å². The standard InChI is InChI=1S/C18H15ClF4N4O/c1-4-7-25-13-8-10(11(20)9-12(13)24-17(25)18(21,22)23)14-15(19)26(5-2)27(6-3)16(14)28/h1,8-9H,5-7H2,2-3H3. The molecule has 0 fully saturated rings. The third-order valence-corrected chi connectivity index (χ3v) is 4.77. The van der Waals surface area contributed by atoms with Gasteiger partial charge >= 0.3 is 6.18 Å². The third-order valence-electron chi connectivity index (χ3n) is 4.38. The van der Waals surface area contributed by atoms with Crippen LogP contribution in [-0.2, 0) is 25.8 Å². The quantitative estimate of drug-likeness (QED) is 0.475. The van der Waals surface area contributed by atoms with Crippen LogP contribution in [0.1, 0.15) is 19.7 Å². The van der Waals surface area contributed by atoms with Crippen LogP contribution < -0.4 is 5.56 Å². The van der Waals surface area contributed by atoms with E-state index in [1.54, 1.807) is 13.8 Å². The van der Waals surface area contributed by atoms with Crippen molar-refractivity contribution in [2.45, 2.75) is 39.7 Å². The predicted molar refractivity (Wildman–Crippen MR) is 97.6 cm³/mol. The van der Waals surface area contributed by atoms with E-state index >= 15 is 0 Å². The molecule has 0 aliphatic heterocycles. The van der Waals surface area contributed by atoms with E-state index in [4.69, 9.17) is 18.0 Å². The number of benzene rings is 1. The molecule has 2 heterocycles. The average molecular weight is 415 g/mol. The van der Waals surface area contributed by atoms with Crippen molar-refractivity contribution in [3.05, 3.63) is 39.3 Å². The Balaban J connectivity index is 2.38. The third kappa shape index (κ3) is 2.98. The van der Waals surface area contributed by atoms with E-state index in [-0.39, 0.29) is 27.3 Å². The smallest absolute Gasteiger partial charge is 0.309 e. The van der Waals surface area contributed by atoms with Crippen molar-refractivity contribution in [3.63, 3.8) is 0 Å². The summed E-state index contributed by atoms with van der Waals surface area (Å²) < 4.78 is 58.2. The first-order chi connectivity index (χ1) is 13.1. The maximum atomic E-state index is 14.8. The molecule has 5 nitrogen and oxygen atoms in total. The van der Waals surface area contributed by atoms with Crippen molar-refractivity contribution < 1.29 is 17.6 Å². The van der Waals surface area contributed by atoms with Gasteiger partial charge in [-0.15, -0.1) is 6.42 Å². The molecule has 28 heavy (non-hydrogen) atoms. The van der Waals surface area contributed by atoms with E-state index in [1.165, 1.54) is 9.36 Å². The molecule has 0 bridgehead atoms. The summed E-state index contributed by atoms with van der Waals surface area (Å²) in [6, 6.07) is 1.98. The van der Waals surface area contributed by atoms with Gasteiger partial charge in [-0.1, -0.05) is 17.5 Å². The Bertz CT molecular complexity index is 1160. The first-order valence-corrected chi connectivity index (χ1v) is 8.73. The van der Waals surface area contributed by atoms with Crippen LogP contribution in [0.5, 0.6) is 0 Å². The normalized spacial score (nSPS) is 11.9. The Kier molecular flexibility index (Phi) is 5.02. The molecule has 2 aromatic heterocycles. The van der Waals surface area contributed by atoms with Crippen molar-refractivity contribution in [1.29, 1.82) is 0 Å². The summed E-state index contributed by atoms with van der Waals surface area (Å²) in [6.45, 7) is 3.73. The molecule has 10 heteroatoms. The van der Waals surface area contributed by atoms with Gasteiger partial charge in [-0.25, -0.2) is 14.1 Å². The van der Waals surface area contributed by atoms with Gasteiger partial charge in [0.1, 0.15) is 11.0 Å². The van der Waals surface area contributed by atoms with Gasteiger partial charge in [-0.05, 0) is 19.9 Å². The molecule has 3 aromatic rings. The number of hydrogen-bond donors (Lipinski definition) is 0. The lowest BCUT2D eigenvalue weighted by molar-refractivity contribution is -0.146. The summed E-state index contributed by atoms with van der Waals surface area (Å²) in [5, 5.41) is 0.00617. The second-order valence-corrected chi connectivity index (χ2v) is 6.30. The van der Waals surface area contributed by atoms with Crippen LogP contribution in [0.3, 0.4) is 0 Å². The summed E-state index contributed by atoms with van der Waals surface area (Å²) in [5.74, 6) is -0.000734. The lowest BCUT2D eigenvalue weighted by atomic mass is 10.1. The zero-order valence-corrected chi connectivity index (χ0v) is 15.7. The number of aromatic nitrogens is 4. The molecule has 0 atom stereocenters. The predicted octanol–water partition coefficient (Wildman–Crippen LogP) is 4.15. The zero-order valence-electron chi connectivity index (χ0n) is 14.9. The number of terminal acetylenes is 1. The minimum atomic E-state index is -4.77. The molecule has 0 N–H and O–H groups in total. The summed E-state index contributed by atoms with van der Waals surface area (Å²) in [5.41, 5.74) is -1.11. The molecule has 3 rings (SSSR count). The van der Waals surface area contributed by atoms with Crippen LogP contribution in [-0.4, -0.2) is 18.9 Å². The van der Waals surface area contributed by atoms with Crippen LogP contribution in [0, 0.1) is 18.2 Å². The molecule has 0 spiro atoms. The number of hydrogen-bond acceptors (Lipinski definition) is 2. The number of alkyl halides is 3. The van der Waals surface area contributed by atoms with Gasteiger partial charge in [0.2, 0.25) is 5.82 Å². The van der Waals surface area contributed by atoms with E-state index in [0.29, 0.717) is 13.1 Å². The van der Waals surface area contributed by atoms with E-state index in [1.807, 2.05) is 0 Å². The van der Waals surface area contributed by atoms with Crippen LogP contribution in [0.4, 0.5) is 17.6 Å². The molecule has 0 aliphatic rings. The largest absolute Gasteiger partial charge is 0.449 e. The SMILES string of the molecule is C#CCn1c(C(F)(F)F)nc2cc(F)c(-c3c(Cl)n(CC)n(CC)c3=O)cc21. The summed E-state index contributed by atoms with van der Waals surface area (Å²) in [4.78, 5) is 16.2. The minimum absolute atomic E-state index is 0.00617. The zero-order chi connectivity index (χ0) is 20.8. The van der Waals surface area contributed by atoms with Crippen LogP contribution in [0.25, 0.3) is 22.2 Å². The number of fused-ring (bicyclic) bond motifs is 1. The molecule has 0 saturated heterocycles. The van der Waals surface area contributed by atoms with E-state index < -0.39 is 29.9 Å². The Morgan fingerprint density at radius 3 is 2.36 bits per heavy atom. The highest BCUT2D eigenvalue weighted by Gasteiger charge is 2.38. The van der Waals surface area contributed by atoms with Crippen LogP contribution >= 0.6 is 11.6 Å². The highest BCUT2D eigenvalue weighted by atomic mass is 35.5. The number of halogens is 5. The number of nitrogens with zero attached hydrogens (tertiary/aromatic N) is 4. The molecule has 0 amide bonds. The molecular weight excluding hydrogens is 400 g/mol. The second-order valence-electron chi connectivity index (χ2n) is 5.95. The van der Waals surface area contributed by atoms with Gasteiger partial charge < -0.3 is 4.57 Å². The van der Waals surface area contributed by atoms with Crippen molar-refractivity contribution in [2.75, 3.05) is 0 Å². The van der Waals surface area contributed by atoms with Crippen molar-refractivity contribution in [3.8, 4) is 23.5 Å². The Morgan fingerprint density at radius 1 is 1.21 bits per heavy atom. The molecule has 0 unspecified atom stereocenters. The molecule has 0 radical (unpaired) electrons. The van der Waals surface area contributed by atoms with Crippen molar-refractivity contribution in [2.24, 2.45) is 0 Å². The average Bonchev–Trinajstić information content (AvgIpc) is 3.08. The highest BCUT2D eigenvalue weighted by molar-refractivity contribution is 6.32. The molecule has 148 valence electrons. The fraction of sp³-hybridized carbons (Fsp3) is 0.333. The molecule has 0 aliphatic carbocycles. The monoisotopic (exact) mass is 414 g/mol. The Labute approximate surface area is 162 Å². The Hall–Kier alpha value is -2.73. The first kappa shape index (κ1) is 20.0. The molecular formula is C18H15ClF4N4O. The van der Waals surface area contributed by atoms with Gasteiger partial charge in [0, 0.05) is 24.7 Å². The fourth-order valence-corrected chi connectivity index (χ4v) is 3.61. The van der Waals surface area contributed by atoms with E-state index in [0.717, 1.165) is 16.7 Å². The van der Waals surface area contributed by atoms with E-state index in [2.05, 4.69) is 10.9 Å². The maximum absolute atomic E-state index is 14.8. The Morgan fingerprint density at radius 2 is 1.86 bits per heavy atom. The van der Waals surface area contributed by atoms with Crippen molar-refractivity contribution in [1.82, 2.24) is 18.9 Å². The summed E-state index contributed by atoms with van der Waals surface area (Å²) in [6.07, 6.45) is 0.418. The number of rotatable bonds is 4. The lowest BCUT2D eigenvalue weighted by Gasteiger charge is -2.09. The topological polar surface area (TPSA) is 44.8 Å². The summed E-state index contributed by atoms with van der Waals surface area (Å²) in [7, 11) is 0.